The van der Waals surface area contributed by atoms with E-state index in [1.165, 1.54) is 19.3 Å². The molecule has 0 aromatic heterocycles. The molecule has 1 aromatic carbocycles. The highest BCUT2D eigenvalue weighted by Crippen LogP contribution is 2.27. The largest absolute Gasteiger partial charge is 0.341 e. The van der Waals surface area contributed by atoms with Gasteiger partial charge in [0, 0.05) is 24.7 Å². The molecule has 106 valence electrons. The van der Waals surface area contributed by atoms with Crippen LogP contribution in [-0.4, -0.2) is 30.9 Å². The first kappa shape index (κ1) is 14.6. The van der Waals surface area contributed by atoms with Gasteiger partial charge in [0.05, 0.1) is 6.54 Å². The van der Waals surface area contributed by atoms with Crippen LogP contribution in [0.25, 0.3) is 0 Å². The van der Waals surface area contributed by atoms with Gasteiger partial charge in [-0.3, -0.25) is 4.79 Å². The second kappa shape index (κ2) is 6.58. The molecule has 20 heavy (non-hydrogen) atoms. The maximum Gasteiger partial charge on any atom is 0.253 e. The Hall–Kier alpha value is -1.79. The predicted molar refractivity (Wildman–Crippen MR) is 81.4 cm³/mol. The summed E-state index contributed by atoms with van der Waals surface area (Å²) in [5.41, 5.74) is 7.98. The molecular weight excluding hydrogens is 248 g/mol. The van der Waals surface area contributed by atoms with E-state index in [2.05, 4.69) is 11.8 Å². The SMILES string of the molecule is Cc1c(C#CCN)cccc1C(=O)N(C)CC1CCC1. The van der Waals surface area contributed by atoms with E-state index in [1.807, 2.05) is 37.1 Å². The van der Waals surface area contributed by atoms with Crippen LogP contribution in [0.3, 0.4) is 0 Å². The lowest BCUT2D eigenvalue weighted by Gasteiger charge is -2.30. The van der Waals surface area contributed by atoms with Crippen molar-refractivity contribution in [1.82, 2.24) is 4.90 Å². The molecule has 0 bridgehead atoms. The Balaban J connectivity index is 2.16. The average molecular weight is 270 g/mol. The fourth-order valence-corrected chi connectivity index (χ4v) is 2.50. The van der Waals surface area contributed by atoms with Gasteiger partial charge >= 0.3 is 0 Å². The van der Waals surface area contributed by atoms with Crippen LogP contribution in [0.5, 0.6) is 0 Å². The first-order chi connectivity index (χ1) is 9.63. The monoisotopic (exact) mass is 270 g/mol. The summed E-state index contributed by atoms with van der Waals surface area (Å²) in [6.07, 6.45) is 3.80. The molecule has 1 aromatic rings. The molecule has 0 spiro atoms. The van der Waals surface area contributed by atoms with Gasteiger partial charge in [-0.25, -0.2) is 0 Å². The molecule has 1 aliphatic rings. The molecular formula is C17H22N2O. The molecule has 0 radical (unpaired) electrons. The van der Waals surface area contributed by atoms with Crippen LogP contribution >= 0.6 is 0 Å². The van der Waals surface area contributed by atoms with Crippen LogP contribution < -0.4 is 5.73 Å². The van der Waals surface area contributed by atoms with E-state index in [4.69, 9.17) is 5.73 Å². The van der Waals surface area contributed by atoms with E-state index in [1.54, 1.807) is 0 Å². The molecule has 0 aliphatic heterocycles. The summed E-state index contributed by atoms with van der Waals surface area (Å²) >= 11 is 0. The number of carbonyl (C=O) groups is 1. The lowest BCUT2D eigenvalue weighted by atomic mass is 9.85. The summed E-state index contributed by atoms with van der Waals surface area (Å²) < 4.78 is 0. The van der Waals surface area contributed by atoms with Gasteiger partial charge in [0.1, 0.15) is 0 Å². The summed E-state index contributed by atoms with van der Waals surface area (Å²) in [4.78, 5) is 14.4. The fraction of sp³-hybridized carbons (Fsp3) is 0.471. The number of hydrogen-bond acceptors (Lipinski definition) is 2. The van der Waals surface area contributed by atoms with Crippen LogP contribution in [0.2, 0.25) is 0 Å². The van der Waals surface area contributed by atoms with E-state index in [0.29, 0.717) is 12.5 Å². The van der Waals surface area contributed by atoms with Crippen LogP contribution in [-0.2, 0) is 0 Å². The molecule has 1 aliphatic carbocycles. The van der Waals surface area contributed by atoms with Gasteiger partial charge < -0.3 is 10.6 Å². The lowest BCUT2D eigenvalue weighted by Crippen LogP contribution is -2.34. The van der Waals surface area contributed by atoms with E-state index in [9.17, 15) is 4.79 Å². The highest BCUT2D eigenvalue weighted by atomic mass is 16.2. The molecule has 3 nitrogen and oxygen atoms in total. The van der Waals surface area contributed by atoms with E-state index in [0.717, 1.165) is 23.2 Å². The van der Waals surface area contributed by atoms with Crippen molar-refractivity contribution in [3.8, 4) is 11.8 Å². The fourth-order valence-electron chi connectivity index (χ4n) is 2.50. The third kappa shape index (κ3) is 3.20. The van der Waals surface area contributed by atoms with Gasteiger partial charge in [-0.15, -0.1) is 0 Å². The molecule has 1 amide bonds. The molecule has 0 unspecified atom stereocenters. The van der Waals surface area contributed by atoms with Crippen LogP contribution in [0, 0.1) is 24.7 Å². The smallest absolute Gasteiger partial charge is 0.253 e. The Morgan fingerprint density at radius 1 is 1.45 bits per heavy atom. The zero-order valence-corrected chi connectivity index (χ0v) is 12.3. The van der Waals surface area contributed by atoms with Crippen molar-refractivity contribution >= 4 is 5.91 Å². The number of amides is 1. The minimum absolute atomic E-state index is 0.0887. The van der Waals surface area contributed by atoms with Crippen LogP contribution in [0.4, 0.5) is 0 Å². The standard InChI is InChI=1S/C17H22N2O/c1-13-15(9-5-11-18)8-4-10-16(13)17(20)19(2)12-14-6-3-7-14/h4,8,10,14H,3,6-7,11-12,18H2,1-2H3. The van der Waals surface area contributed by atoms with Crippen molar-refractivity contribution in [3.05, 3.63) is 34.9 Å². The van der Waals surface area contributed by atoms with Crippen molar-refractivity contribution in [2.24, 2.45) is 11.7 Å². The van der Waals surface area contributed by atoms with Gasteiger partial charge in [0.2, 0.25) is 0 Å². The second-order valence-electron chi connectivity index (χ2n) is 5.47. The molecule has 1 saturated carbocycles. The maximum absolute atomic E-state index is 12.5. The van der Waals surface area contributed by atoms with Crippen molar-refractivity contribution in [3.63, 3.8) is 0 Å². The number of nitrogens with two attached hydrogens (primary N) is 1. The molecule has 2 N–H and O–H groups in total. The van der Waals surface area contributed by atoms with Crippen molar-refractivity contribution in [2.45, 2.75) is 26.2 Å². The van der Waals surface area contributed by atoms with Crippen molar-refractivity contribution < 1.29 is 4.79 Å². The molecule has 0 heterocycles. The van der Waals surface area contributed by atoms with Crippen molar-refractivity contribution in [1.29, 1.82) is 0 Å². The van der Waals surface area contributed by atoms with E-state index in [-0.39, 0.29) is 5.91 Å². The highest BCUT2D eigenvalue weighted by Gasteiger charge is 2.22. The first-order valence-electron chi connectivity index (χ1n) is 7.17. The number of benzene rings is 1. The lowest BCUT2D eigenvalue weighted by molar-refractivity contribution is 0.0744. The molecule has 1 fully saturated rings. The Bertz CT molecular complexity index is 550. The van der Waals surface area contributed by atoms with Crippen molar-refractivity contribution in [2.75, 3.05) is 20.1 Å². The third-order valence-electron chi connectivity index (χ3n) is 3.99. The summed E-state index contributed by atoms with van der Waals surface area (Å²) in [7, 11) is 1.89. The Morgan fingerprint density at radius 3 is 2.80 bits per heavy atom. The third-order valence-corrected chi connectivity index (χ3v) is 3.99. The summed E-state index contributed by atoms with van der Waals surface area (Å²) in [6.45, 7) is 3.14. The summed E-state index contributed by atoms with van der Waals surface area (Å²) in [6, 6.07) is 5.70. The highest BCUT2D eigenvalue weighted by molar-refractivity contribution is 5.96. The number of rotatable bonds is 3. The molecule has 2 rings (SSSR count). The quantitative estimate of drug-likeness (QED) is 0.856. The maximum atomic E-state index is 12.5. The van der Waals surface area contributed by atoms with Gasteiger partial charge in [0.15, 0.2) is 0 Å². The van der Waals surface area contributed by atoms with Crippen LogP contribution in [0.15, 0.2) is 18.2 Å². The molecule has 0 saturated heterocycles. The number of hydrogen-bond donors (Lipinski definition) is 1. The average Bonchev–Trinajstić information content (AvgIpc) is 2.40. The first-order valence-corrected chi connectivity index (χ1v) is 7.17. The van der Waals surface area contributed by atoms with Gasteiger partial charge in [-0.2, -0.15) is 0 Å². The summed E-state index contributed by atoms with van der Waals surface area (Å²) in [5.74, 6) is 6.64. The minimum atomic E-state index is 0.0887. The van der Waals surface area contributed by atoms with Gasteiger partial charge in [0.25, 0.3) is 5.91 Å². The number of nitrogens with zero attached hydrogens (tertiary/aromatic N) is 1. The Morgan fingerprint density at radius 2 is 2.20 bits per heavy atom. The van der Waals surface area contributed by atoms with E-state index < -0.39 is 0 Å². The Kier molecular flexibility index (Phi) is 4.81. The van der Waals surface area contributed by atoms with Gasteiger partial charge in [-0.05, 0) is 43.4 Å². The zero-order chi connectivity index (χ0) is 14.5. The second-order valence-corrected chi connectivity index (χ2v) is 5.47. The van der Waals surface area contributed by atoms with Gasteiger partial charge in [-0.1, -0.05) is 24.3 Å². The number of carbonyl (C=O) groups excluding carboxylic acids is 1. The normalized spacial score (nSPS) is 14.2. The zero-order valence-electron chi connectivity index (χ0n) is 12.3. The predicted octanol–water partition coefficient (Wildman–Crippen LogP) is 2.18. The van der Waals surface area contributed by atoms with E-state index >= 15 is 0 Å². The minimum Gasteiger partial charge on any atom is -0.341 e. The summed E-state index contributed by atoms with van der Waals surface area (Å²) in [5, 5.41) is 0. The molecule has 0 atom stereocenters. The Labute approximate surface area is 121 Å². The molecule has 3 heteroatoms. The van der Waals surface area contributed by atoms with Crippen LogP contribution in [0.1, 0.15) is 40.7 Å². The topological polar surface area (TPSA) is 46.3 Å².